The number of nitrogens with zero attached hydrogens (tertiary/aromatic N) is 5. The zero-order valence-electron chi connectivity index (χ0n) is 21.6. The molecule has 0 aliphatic carbocycles. The van der Waals surface area contributed by atoms with E-state index in [0.717, 1.165) is 34.3 Å². The predicted molar refractivity (Wildman–Crippen MR) is 143 cm³/mol. The van der Waals surface area contributed by atoms with Crippen LogP contribution in [0.5, 0.6) is 0 Å². The van der Waals surface area contributed by atoms with E-state index in [2.05, 4.69) is 47.9 Å². The van der Waals surface area contributed by atoms with Crippen molar-refractivity contribution in [1.82, 2.24) is 24.0 Å². The summed E-state index contributed by atoms with van der Waals surface area (Å²) in [5.74, 6) is 0.152. The van der Waals surface area contributed by atoms with Crippen LogP contribution in [0.1, 0.15) is 36.7 Å². The van der Waals surface area contributed by atoms with Crippen molar-refractivity contribution in [2.45, 2.75) is 38.6 Å². The maximum atomic E-state index is 13.6. The average Bonchev–Trinajstić information content (AvgIpc) is 3.26. The molecule has 194 valence electrons. The maximum absolute atomic E-state index is 13.6. The molecule has 0 N–H and O–H groups in total. The largest absolute Gasteiger partial charge is 0.293 e. The van der Waals surface area contributed by atoms with E-state index in [0.29, 0.717) is 31.2 Å². The van der Waals surface area contributed by atoms with Crippen molar-refractivity contribution >= 4 is 20.9 Å². The van der Waals surface area contributed by atoms with Crippen molar-refractivity contribution in [1.29, 1.82) is 0 Å². The summed E-state index contributed by atoms with van der Waals surface area (Å²) in [5, 5.41) is 5.52. The van der Waals surface area contributed by atoms with Gasteiger partial charge in [-0.15, -0.1) is 0 Å². The molecule has 1 fully saturated rings. The van der Waals surface area contributed by atoms with Gasteiger partial charge in [-0.1, -0.05) is 13.8 Å². The molecule has 3 heterocycles. The number of hydrogen-bond acceptors (Lipinski definition) is 5. The Hall–Kier alpha value is -3.14. The molecule has 0 spiro atoms. The van der Waals surface area contributed by atoms with E-state index in [4.69, 9.17) is 0 Å². The molecule has 7 nitrogen and oxygen atoms in total. The summed E-state index contributed by atoms with van der Waals surface area (Å²) in [4.78, 5) is 6.86. The second-order valence-corrected chi connectivity index (χ2v) is 12.1. The Morgan fingerprint density at radius 1 is 1.08 bits per heavy atom. The molecular formula is C28H32FN5O2S. The first-order chi connectivity index (χ1) is 17.6. The smallest absolute Gasteiger partial charge is 0.244 e. The number of aryl methyl sites for hydroxylation is 2. The average molecular weight is 522 g/mol. The minimum absolute atomic E-state index is 0.0959. The van der Waals surface area contributed by atoms with Gasteiger partial charge in [-0.05, 0) is 79.4 Å². The first-order valence-electron chi connectivity index (χ1n) is 12.5. The van der Waals surface area contributed by atoms with Crippen LogP contribution in [0.25, 0.3) is 16.6 Å². The lowest BCUT2D eigenvalue weighted by atomic mass is 9.96. The number of halogens is 1. The predicted octanol–water partition coefficient (Wildman–Crippen LogP) is 4.88. The molecule has 0 amide bonds. The molecular weight excluding hydrogens is 489 g/mol. The van der Waals surface area contributed by atoms with E-state index >= 15 is 0 Å². The topological polar surface area (TPSA) is 71.3 Å². The molecule has 37 heavy (non-hydrogen) atoms. The van der Waals surface area contributed by atoms with Gasteiger partial charge >= 0.3 is 0 Å². The van der Waals surface area contributed by atoms with Crippen LogP contribution in [0.2, 0.25) is 0 Å². The molecule has 1 saturated heterocycles. The number of benzene rings is 2. The van der Waals surface area contributed by atoms with Gasteiger partial charge in [-0.3, -0.25) is 9.88 Å². The van der Waals surface area contributed by atoms with Gasteiger partial charge in [-0.2, -0.15) is 9.40 Å². The van der Waals surface area contributed by atoms with Gasteiger partial charge in [0, 0.05) is 43.8 Å². The van der Waals surface area contributed by atoms with Crippen molar-refractivity contribution in [2.75, 3.05) is 26.2 Å². The van der Waals surface area contributed by atoms with Gasteiger partial charge in [-0.25, -0.2) is 17.5 Å². The van der Waals surface area contributed by atoms with Crippen LogP contribution < -0.4 is 0 Å². The Morgan fingerprint density at radius 3 is 2.54 bits per heavy atom. The summed E-state index contributed by atoms with van der Waals surface area (Å²) in [6.07, 6.45) is 3.42. The number of pyridine rings is 1. The van der Waals surface area contributed by atoms with E-state index in [9.17, 15) is 12.8 Å². The maximum Gasteiger partial charge on any atom is 0.244 e. The third-order valence-electron chi connectivity index (χ3n) is 7.02. The van der Waals surface area contributed by atoms with Crippen LogP contribution in [0.3, 0.4) is 0 Å². The van der Waals surface area contributed by atoms with Crippen LogP contribution >= 0.6 is 0 Å². The van der Waals surface area contributed by atoms with E-state index < -0.39 is 10.0 Å². The second-order valence-electron chi connectivity index (χ2n) is 10.2. The molecule has 9 heteroatoms. The molecule has 1 aliphatic heterocycles. The standard InChI is InChI=1S/C28H32FN5O2S/c1-19(2)17-32-12-13-33(37(35,36)28-6-5-11-30-21(28)4)18-27(32)25-15-22-16-31-34(26(22)14-20(25)3)24-9-7-23(29)8-10-24/h5-11,14-16,19,27H,12-13,17-18H2,1-4H3/t27-/m0/s1. The zero-order chi connectivity index (χ0) is 26.3. The van der Waals surface area contributed by atoms with Crippen LogP contribution in [0.4, 0.5) is 4.39 Å². The number of piperazine rings is 1. The molecule has 0 radical (unpaired) electrons. The van der Waals surface area contributed by atoms with Crippen LogP contribution in [0.15, 0.2) is 65.8 Å². The summed E-state index contributed by atoms with van der Waals surface area (Å²) in [6.45, 7) is 10.5. The summed E-state index contributed by atoms with van der Waals surface area (Å²) in [6, 6.07) is 13.7. The van der Waals surface area contributed by atoms with E-state index in [-0.39, 0.29) is 16.8 Å². The third kappa shape index (κ3) is 4.91. The second kappa shape index (κ2) is 9.96. The van der Waals surface area contributed by atoms with Crippen molar-refractivity contribution in [3.05, 3.63) is 83.6 Å². The van der Waals surface area contributed by atoms with Crippen molar-refractivity contribution < 1.29 is 12.8 Å². The number of hydrogen-bond donors (Lipinski definition) is 0. The highest BCUT2D eigenvalue weighted by Crippen LogP contribution is 2.34. The van der Waals surface area contributed by atoms with Crippen LogP contribution in [-0.4, -0.2) is 58.6 Å². The molecule has 1 atom stereocenters. The fraction of sp³-hybridized carbons (Fsp3) is 0.357. The quantitative estimate of drug-likeness (QED) is 0.362. The summed E-state index contributed by atoms with van der Waals surface area (Å²) < 4.78 is 44.1. The van der Waals surface area contributed by atoms with E-state index in [1.807, 2.05) is 6.20 Å². The van der Waals surface area contributed by atoms with Crippen molar-refractivity contribution in [2.24, 2.45) is 5.92 Å². The Labute approximate surface area is 217 Å². The molecule has 2 aromatic carbocycles. The fourth-order valence-corrected chi connectivity index (χ4v) is 6.83. The molecule has 0 bridgehead atoms. The molecule has 4 aromatic rings. The summed E-state index contributed by atoms with van der Waals surface area (Å²) >= 11 is 0. The van der Waals surface area contributed by atoms with Crippen molar-refractivity contribution in [3.63, 3.8) is 0 Å². The number of sulfonamides is 1. The van der Waals surface area contributed by atoms with Gasteiger partial charge in [0.05, 0.1) is 23.1 Å². The van der Waals surface area contributed by atoms with Gasteiger partial charge in [0.15, 0.2) is 0 Å². The van der Waals surface area contributed by atoms with E-state index in [1.54, 1.807) is 46.4 Å². The van der Waals surface area contributed by atoms with Gasteiger partial charge < -0.3 is 0 Å². The Balaban J connectivity index is 1.54. The minimum Gasteiger partial charge on any atom is -0.293 e. The Bertz CT molecular complexity index is 1530. The molecule has 0 unspecified atom stereocenters. The van der Waals surface area contributed by atoms with E-state index in [1.165, 1.54) is 12.1 Å². The number of rotatable bonds is 6. The van der Waals surface area contributed by atoms with Gasteiger partial charge in [0.2, 0.25) is 10.0 Å². The molecule has 1 aliphatic rings. The normalized spacial score (nSPS) is 17.6. The Kier molecular flexibility index (Phi) is 6.87. The summed E-state index contributed by atoms with van der Waals surface area (Å²) in [7, 11) is -3.68. The molecule has 0 saturated carbocycles. The van der Waals surface area contributed by atoms with Gasteiger partial charge in [0.25, 0.3) is 0 Å². The van der Waals surface area contributed by atoms with Crippen LogP contribution in [-0.2, 0) is 10.0 Å². The highest BCUT2D eigenvalue weighted by Gasteiger charge is 2.36. The SMILES string of the molecule is Cc1cc2c(cnn2-c2ccc(F)cc2)cc1[C@@H]1CN(S(=O)(=O)c2cccnc2C)CCN1CC(C)C. The molecule has 5 rings (SSSR count). The fourth-order valence-electron chi connectivity index (χ4n) is 5.22. The highest BCUT2D eigenvalue weighted by atomic mass is 32.2. The lowest BCUT2D eigenvalue weighted by molar-refractivity contribution is 0.105. The molecule has 2 aromatic heterocycles. The van der Waals surface area contributed by atoms with Crippen molar-refractivity contribution in [3.8, 4) is 5.69 Å². The highest BCUT2D eigenvalue weighted by molar-refractivity contribution is 7.89. The first-order valence-corrected chi connectivity index (χ1v) is 14.0. The van der Waals surface area contributed by atoms with Gasteiger partial charge in [0.1, 0.15) is 10.7 Å². The number of aromatic nitrogens is 3. The zero-order valence-corrected chi connectivity index (χ0v) is 22.4. The Morgan fingerprint density at radius 2 is 1.84 bits per heavy atom. The third-order valence-corrected chi connectivity index (χ3v) is 9.01. The van der Waals surface area contributed by atoms with Crippen LogP contribution in [0, 0.1) is 25.6 Å². The lowest BCUT2D eigenvalue weighted by Gasteiger charge is -2.42. The minimum atomic E-state index is -3.68. The number of fused-ring (bicyclic) bond motifs is 1. The lowest BCUT2D eigenvalue weighted by Crippen LogP contribution is -2.51. The summed E-state index contributed by atoms with van der Waals surface area (Å²) in [5.41, 5.74) is 4.37. The monoisotopic (exact) mass is 521 g/mol. The first kappa shape index (κ1) is 25.5.